The van der Waals surface area contributed by atoms with Crippen LogP contribution in [0.5, 0.6) is 0 Å². The predicted octanol–water partition coefficient (Wildman–Crippen LogP) is 3.59. The van der Waals surface area contributed by atoms with Crippen molar-refractivity contribution < 1.29 is 18.0 Å². The Morgan fingerprint density at radius 2 is 1.53 bits per heavy atom. The fourth-order valence-electron chi connectivity index (χ4n) is 3.95. The number of likely N-dealkylation sites (N-methyl/N-ethyl adjacent to an activating group) is 1. The number of rotatable bonds is 5. The molecule has 4 nitrogen and oxygen atoms in total. The van der Waals surface area contributed by atoms with E-state index in [0.717, 1.165) is 55.9 Å². The zero-order valence-corrected chi connectivity index (χ0v) is 17.0. The third-order valence-electron chi connectivity index (χ3n) is 6.05. The first kappa shape index (κ1) is 20.9. The van der Waals surface area contributed by atoms with Crippen LogP contribution >= 0.6 is 0 Å². The van der Waals surface area contributed by atoms with E-state index in [0.29, 0.717) is 18.5 Å². The Kier molecular flexibility index (Phi) is 5.84. The molecule has 1 saturated heterocycles. The van der Waals surface area contributed by atoms with Gasteiger partial charge in [-0.05, 0) is 42.3 Å². The van der Waals surface area contributed by atoms with Crippen LogP contribution in [0.2, 0.25) is 0 Å². The molecular formula is C23H26F3N3O. The van der Waals surface area contributed by atoms with Gasteiger partial charge in [-0.1, -0.05) is 36.4 Å². The van der Waals surface area contributed by atoms with Gasteiger partial charge in [-0.25, -0.2) is 0 Å². The Morgan fingerprint density at radius 3 is 2.10 bits per heavy atom. The lowest BCUT2D eigenvalue weighted by Crippen LogP contribution is -2.49. The molecule has 1 saturated carbocycles. The highest BCUT2D eigenvalue weighted by atomic mass is 19.4. The number of amides is 1. The Bertz CT molecular complexity index is 872. The van der Waals surface area contributed by atoms with Gasteiger partial charge in [0.2, 0.25) is 5.91 Å². The number of alkyl halides is 3. The topological polar surface area (TPSA) is 35.6 Å². The van der Waals surface area contributed by atoms with Gasteiger partial charge in [0.05, 0.1) is 12.1 Å². The summed E-state index contributed by atoms with van der Waals surface area (Å²) in [4.78, 5) is 16.5. The molecular weight excluding hydrogens is 391 g/mol. The van der Waals surface area contributed by atoms with Crippen LogP contribution in [0, 0.1) is 0 Å². The zero-order chi connectivity index (χ0) is 21.3. The minimum Gasteiger partial charge on any atom is -0.339 e. The van der Waals surface area contributed by atoms with Crippen molar-refractivity contribution in [3.05, 3.63) is 59.7 Å². The summed E-state index contributed by atoms with van der Waals surface area (Å²) in [6, 6.07) is 13.5. The van der Waals surface area contributed by atoms with Crippen molar-refractivity contribution in [3.63, 3.8) is 0 Å². The van der Waals surface area contributed by atoms with Crippen molar-refractivity contribution in [1.29, 1.82) is 0 Å². The van der Waals surface area contributed by atoms with Gasteiger partial charge < -0.3 is 15.1 Å². The number of carbonyl (C=O) groups excluding carboxylic acids is 1. The molecule has 0 radical (unpaired) electrons. The molecule has 4 rings (SSSR count). The Balaban J connectivity index is 1.28. The van der Waals surface area contributed by atoms with E-state index in [1.807, 2.05) is 29.2 Å². The summed E-state index contributed by atoms with van der Waals surface area (Å²) in [7, 11) is 2.07. The molecule has 2 fully saturated rings. The maximum atomic E-state index is 12.7. The van der Waals surface area contributed by atoms with Crippen molar-refractivity contribution >= 4 is 5.91 Å². The molecule has 2 atom stereocenters. The molecule has 0 spiro atoms. The highest BCUT2D eigenvalue weighted by molar-refractivity contribution is 5.78. The molecule has 1 N–H and O–H groups in total. The van der Waals surface area contributed by atoms with Crippen LogP contribution in [0.15, 0.2) is 48.5 Å². The van der Waals surface area contributed by atoms with Crippen LogP contribution in [0.1, 0.15) is 23.5 Å². The lowest BCUT2D eigenvalue weighted by molar-refractivity contribution is -0.137. The summed E-state index contributed by atoms with van der Waals surface area (Å²) in [5.41, 5.74) is 2.21. The molecule has 1 aliphatic heterocycles. The number of hydrogen-bond acceptors (Lipinski definition) is 3. The minimum absolute atomic E-state index is 0.159. The molecule has 160 valence electrons. The van der Waals surface area contributed by atoms with E-state index in [9.17, 15) is 18.0 Å². The molecule has 2 aromatic carbocycles. The second kappa shape index (κ2) is 8.40. The fraction of sp³-hybridized carbons (Fsp3) is 0.435. The summed E-state index contributed by atoms with van der Waals surface area (Å²) in [6.07, 6.45) is -3.32. The summed E-state index contributed by atoms with van der Waals surface area (Å²) < 4.78 is 38.1. The number of hydrogen-bond donors (Lipinski definition) is 1. The lowest BCUT2D eigenvalue weighted by Gasteiger charge is -2.32. The second-order valence-electron chi connectivity index (χ2n) is 8.21. The quantitative estimate of drug-likeness (QED) is 0.808. The van der Waals surface area contributed by atoms with Gasteiger partial charge in [0, 0.05) is 38.1 Å². The van der Waals surface area contributed by atoms with Crippen LogP contribution < -0.4 is 5.32 Å². The first-order valence-electron chi connectivity index (χ1n) is 10.3. The van der Waals surface area contributed by atoms with Crippen molar-refractivity contribution in [3.8, 4) is 11.1 Å². The molecule has 2 aliphatic rings. The van der Waals surface area contributed by atoms with Gasteiger partial charge in [0.15, 0.2) is 0 Å². The molecule has 1 aliphatic carbocycles. The van der Waals surface area contributed by atoms with E-state index in [1.165, 1.54) is 17.7 Å². The van der Waals surface area contributed by atoms with Crippen molar-refractivity contribution in [2.45, 2.75) is 24.6 Å². The standard InChI is InChI=1S/C23H26F3N3O/c1-28-10-12-29(13-11-28)22(30)15-27-21-14-20(21)18-4-2-16(3-5-18)17-6-8-19(9-7-17)23(24,25)26/h2-9,20-21,27H,10-15H2,1H3. The normalized spacial score (nSPS) is 22.2. The number of nitrogens with one attached hydrogen (secondary N) is 1. The second-order valence-corrected chi connectivity index (χ2v) is 8.21. The van der Waals surface area contributed by atoms with Crippen LogP contribution in [0.4, 0.5) is 13.2 Å². The fourth-order valence-corrected chi connectivity index (χ4v) is 3.95. The molecule has 0 aromatic heterocycles. The number of benzene rings is 2. The minimum atomic E-state index is -4.32. The molecule has 7 heteroatoms. The van der Waals surface area contributed by atoms with E-state index in [2.05, 4.69) is 17.3 Å². The number of halogens is 3. The third kappa shape index (κ3) is 4.84. The van der Waals surface area contributed by atoms with Gasteiger partial charge in [-0.3, -0.25) is 4.79 Å². The number of carbonyl (C=O) groups is 1. The van der Waals surface area contributed by atoms with Crippen molar-refractivity contribution in [2.24, 2.45) is 0 Å². The van der Waals surface area contributed by atoms with Crippen molar-refractivity contribution in [1.82, 2.24) is 15.1 Å². The van der Waals surface area contributed by atoms with Crippen LogP contribution in [0.3, 0.4) is 0 Å². The SMILES string of the molecule is CN1CCN(C(=O)CNC2CC2c2ccc(-c3ccc(C(F)(F)F)cc3)cc2)CC1. The molecule has 30 heavy (non-hydrogen) atoms. The van der Waals surface area contributed by atoms with Gasteiger partial charge in [0.25, 0.3) is 0 Å². The maximum absolute atomic E-state index is 12.7. The maximum Gasteiger partial charge on any atom is 0.416 e. The smallest absolute Gasteiger partial charge is 0.339 e. The van der Waals surface area contributed by atoms with Gasteiger partial charge in [-0.15, -0.1) is 0 Å². The Labute approximate surface area is 174 Å². The van der Waals surface area contributed by atoms with E-state index in [1.54, 1.807) is 0 Å². The largest absolute Gasteiger partial charge is 0.416 e. The van der Waals surface area contributed by atoms with Crippen LogP contribution in [-0.4, -0.2) is 61.5 Å². The first-order valence-corrected chi connectivity index (χ1v) is 10.3. The molecule has 2 unspecified atom stereocenters. The average Bonchev–Trinajstić information content (AvgIpc) is 3.52. The summed E-state index contributed by atoms with van der Waals surface area (Å²) in [5.74, 6) is 0.540. The van der Waals surface area contributed by atoms with Gasteiger partial charge in [0.1, 0.15) is 0 Å². The van der Waals surface area contributed by atoms with E-state index >= 15 is 0 Å². The summed E-state index contributed by atoms with van der Waals surface area (Å²) in [6.45, 7) is 3.79. The monoisotopic (exact) mass is 417 g/mol. The number of nitrogens with zero attached hydrogens (tertiary/aromatic N) is 2. The number of piperazine rings is 1. The lowest BCUT2D eigenvalue weighted by atomic mass is 10.0. The van der Waals surface area contributed by atoms with Crippen molar-refractivity contribution in [2.75, 3.05) is 39.8 Å². The van der Waals surface area contributed by atoms with Crippen LogP contribution in [0.25, 0.3) is 11.1 Å². The first-order chi connectivity index (χ1) is 14.3. The molecule has 2 aromatic rings. The predicted molar refractivity (Wildman–Crippen MR) is 110 cm³/mol. The summed E-state index contributed by atoms with van der Waals surface area (Å²) >= 11 is 0. The Morgan fingerprint density at radius 1 is 0.967 bits per heavy atom. The van der Waals surface area contributed by atoms with Gasteiger partial charge in [-0.2, -0.15) is 13.2 Å². The zero-order valence-electron chi connectivity index (χ0n) is 17.0. The summed E-state index contributed by atoms with van der Waals surface area (Å²) in [5, 5.41) is 3.37. The average molecular weight is 417 g/mol. The van der Waals surface area contributed by atoms with E-state index < -0.39 is 11.7 Å². The molecule has 1 heterocycles. The Hall–Kier alpha value is -2.38. The van der Waals surface area contributed by atoms with E-state index in [4.69, 9.17) is 0 Å². The highest BCUT2D eigenvalue weighted by Crippen LogP contribution is 2.41. The van der Waals surface area contributed by atoms with E-state index in [-0.39, 0.29) is 5.91 Å². The highest BCUT2D eigenvalue weighted by Gasteiger charge is 2.38. The molecule has 1 amide bonds. The van der Waals surface area contributed by atoms with Crippen LogP contribution in [-0.2, 0) is 11.0 Å². The van der Waals surface area contributed by atoms with Gasteiger partial charge >= 0.3 is 6.18 Å². The molecule has 0 bridgehead atoms. The third-order valence-corrected chi connectivity index (χ3v) is 6.05.